The molecular formula is C23H26FN3O2. The summed E-state index contributed by atoms with van der Waals surface area (Å²) >= 11 is 0. The Balaban J connectivity index is 1.27. The van der Waals surface area contributed by atoms with Crippen LogP contribution in [-0.2, 0) is 16.2 Å². The van der Waals surface area contributed by atoms with E-state index in [4.69, 9.17) is 4.84 Å². The molecule has 2 atom stereocenters. The second kappa shape index (κ2) is 8.33. The third-order valence-corrected chi connectivity index (χ3v) is 5.75. The molecule has 6 heteroatoms. The fraction of sp³-hybridized carbons (Fsp3) is 0.391. The monoisotopic (exact) mass is 395 g/mol. The zero-order valence-electron chi connectivity index (χ0n) is 16.6. The maximum absolute atomic E-state index is 13.1. The third-order valence-electron chi connectivity index (χ3n) is 5.75. The standard InChI is InChI=1S/C23H26FN3O2/c1-17(19-5-3-2-4-6-19)14-25-22(28)21-13-23(29-26-21)11-12-27(16-23)15-18-7-9-20(24)10-8-18/h2-10,17H,11-16H2,1H3,(H,25,28)/t17-,23+/m1/s1. The molecule has 2 aromatic carbocycles. The number of hydrogen-bond acceptors (Lipinski definition) is 4. The van der Waals surface area contributed by atoms with E-state index in [9.17, 15) is 9.18 Å². The predicted molar refractivity (Wildman–Crippen MR) is 110 cm³/mol. The van der Waals surface area contributed by atoms with Gasteiger partial charge in [0.15, 0.2) is 5.60 Å². The molecule has 1 fully saturated rings. The van der Waals surface area contributed by atoms with Crippen molar-refractivity contribution in [2.45, 2.75) is 37.8 Å². The molecule has 29 heavy (non-hydrogen) atoms. The van der Waals surface area contributed by atoms with Crippen molar-refractivity contribution in [1.29, 1.82) is 0 Å². The van der Waals surface area contributed by atoms with Gasteiger partial charge >= 0.3 is 0 Å². The Hall–Kier alpha value is -2.73. The molecule has 1 saturated heterocycles. The number of rotatable bonds is 6. The smallest absolute Gasteiger partial charge is 0.269 e. The van der Waals surface area contributed by atoms with Crippen LogP contribution in [0.1, 0.15) is 36.8 Å². The Kier molecular flexibility index (Phi) is 5.62. The van der Waals surface area contributed by atoms with Gasteiger partial charge in [0.1, 0.15) is 11.5 Å². The van der Waals surface area contributed by atoms with Crippen LogP contribution >= 0.6 is 0 Å². The summed E-state index contributed by atoms with van der Waals surface area (Å²) < 4.78 is 13.1. The molecule has 1 spiro atoms. The van der Waals surface area contributed by atoms with E-state index in [0.717, 1.165) is 25.1 Å². The van der Waals surface area contributed by atoms with Gasteiger partial charge in [-0.3, -0.25) is 9.69 Å². The van der Waals surface area contributed by atoms with E-state index < -0.39 is 5.60 Å². The number of hydrogen-bond donors (Lipinski definition) is 1. The van der Waals surface area contributed by atoms with E-state index in [1.807, 2.05) is 18.2 Å². The highest BCUT2D eigenvalue weighted by atomic mass is 19.1. The molecule has 2 aliphatic heterocycles. The molecule has 0 bridgehead atoms. The summed E-state index contributed by atoms with van der Waals surface area (Å²) in [6.07, 6.45) is 1.35. The molecule has 2 aliphatic rings. The van der Waals surface area contributed by atoms with E-state index in [-0.39, 0.29) is 17.6 Å². The molecule has 0 saturated carbocycles. The van der Waals surface area contributed by atoms with Gasteiger partial charge in [-0.15, -0.1) is 0 Å². The average Bonchev–Trinajstić information content (AvgIpc) is 3.35. The quantitative estimate of drug-likeness (QED) is 0.815. The second-order valence-electron chi connectivity index (χ2n) is 8.10. The summed E-state index contributed by atoms with van der Waals surface area (Å²) in [5, 5.41) is 7.09. The minimum Gasteiger partial charge on any atom is -0.387 e. The lowest BCUT2D eigenvalue weighted by molar-refractivity contribution is -0.115. The fourth-order valence-corrected chi connectivity index (χ4v) is 4.02. The number of oxime groups is 1. The Labute approximate surface area is 170 Å². The van der Waals surface area contributed by atoms with Crippen LogP contribution < -0.4 is 5.32 Å². The van der Waals surface area contributed by atoms with E-state index in [1.54, 1.807) is 12.1 Å². The first kappa shape index (κ1) is 19.6. The largest absolute Gasteiger partial charge is 0.387 e. The molecular weight excluding hydrogens is 369 g/mol. The van der Waals surface area contributed by atoms with E-state index in [2.05, 4.69) is 34.4 Å². The Bertz CT molecular complexity index is 885. The molecule has 5 nitrogen and oxygen atoms in total. The summed E-state index contributed by atoms with van der Waals surface area (Å²) in [6, 6.07) is 16.7. The summed E-state index contributed by atoms with van der Waals surface area (Å²) in [7, 11) is 0. The van der Waals surface area contributed by atoms with Crippen LogP contribution in [-0.4, -0.2) is 41.8 Å². The summed E-state index contributed by atoms with van der Waals surface area (Å²) in [6.45, 7) is 4.97. The molecule has 0 aromatic heterocycles. The lowest BCUT2D eigenvalue weighted by Gasteiger charge is -2.21. The zero-order chi connectivity index (χ0) is 20.3. The van der Waals surface area contributed by atoms with E-state index in [1.165, 1.54) is 17.7 Å². The van der Waals surface area contributed by atoms with Crippen LogP contribution in [0.25, 0.3) is 0 Å². The first-order chi connectivity index (χ1) is 14.0. The normalized spacial score (nSPS) is 22.3. The van der Waals surface area contributed by atoms with E-state index >= 15 is 0 Å². The van der Waals surface area contributed by atoms with Crippen LogP contribution in [0.5, 0.6) is 0 Å². The van der Waals surface area contributed by atoms with Crippen molar-refractivity contribution >= 4 is 11.6 Å². The first-order valence-electron chi connectivity index (χ1n) is 10.1. The average molecular weight is 395 g/mol. The Morgan fingerprint density at radius 1 is 1.24 bits per heavy atom. The number of nitrogens with zero attached hydrogens (tertiary/aromatic N) is 2. The molecule has 1 N–H and O–H groups in total. The molecule has 4 rings (SSSR count). The molecule has 0 unspecified atom stereocenters. The molecule has 1 amide bonds. The van der Waals surface area contributed by atoms with Gasteiger partial charge in [0, 0.05) is 39.0 Å². The summed E-state index contributed by atoms with van der Waals surface area (Å²) in [5.74, 6) is -0.146. The van der Waals surface area contributed by atoms with Crippen molar-refractivity contribution in [3.05, 3.63) is 71.5 Å². The Morgan fingerprint density at radius 2 is 2.00 bits per heavy atom. The number of likely N-dealkylation sites (tertiary alicyclic amines) is 1. The number of amides is 1. The molecule has 0 radical (unpaired) electrons. The van der Waals surface area contributed by atoms with Crippen molar-refractivity contribution in [2.75, 3.05) is 19.6 Å². The van der Waals surface area contributed by atoms with Crippen molar-refractivity contribution < 1.29 is 14.0 Å². The minimum atomic E-state index is -0.419. The molecule has 2 aromatic rings. The summed E-state index contributed by atoms with van der Waals surface area (Å²) in [4.78, 5) is 20.6. The molecule has 0 aliphatic carbocycles. The molecule has 2 heterocycles. The van der Waals surface area contributed by atoms with Crippen molar-refractivity contribution in [3.63, 3.8) is 0 Å². The number of benzene rings is 2. The maximum Gasteiger partial charge on any atom is 0.269 e. The number of halogens is 1. The Morgan fingerprint density at radius 3 is 2.76 bits per heavy atom. The number of carbonyl (C=O) groups is 1. The van der Waals surface area contributed by atoms with Gasteiger partial charge in [-0.05, 0) is 29.2 Å². The van der Waals surface area contributed by atoms with Crippen LogP contribution in [0.2, 0.25) is 0 Å². The van der Waals surface area contributed by atoms with Gasteiger partial charge in [0.2, 0.25) is 0 Å². The fourth-order valence-electron chi connectivity index (χ4n) is 4.02. The molecule has 152 valence electrons. The van der Waals surface area contributed by atoms with Gasteiger partial charge in [0.25, 0.3) is 5.91 Å². The van der Waals surface area contributed by atoms with E-state index in [0.29, 0.717) is 25.2 Å². The zero-order valence-corrected chi connectivity index (χ0v) is 16.6. The SMILES string of the molecule is C[C@H](CNC(=O)C1=NO[C@@]2(CCN(Cc3ccc(F)cc3)C2)C1)c1ccccc1. The van der Waals surface area contributed by atoms with Gasteiger partial charge in [-0.1, -0.05) is 54.5 Å². The highest BCUT2D eigenvalue weighted by Gasteiger charge is 2.46. The van der Waals surface area contributed by atoms with Crippen molar-refractivity contribution in [3.8, 4) is 0 Å². The number of nitrogens with one attached hydrogen (secondary N) is 1. The van der Waals surface area contributed by atoms with Crippen LogP contribution in [0.3, 0.4) is 0 Å². The third kappa shape index (κ3) is 4.65. The van der Waals surface area contributed by atoms with Crippen LogP contribution in [0.15, 0.2) is 59.8 Å². The van der Waals surface area contributed by atoms with Crippen molar-refractivity contribution in [2.24, 2.45) is 5.16 Å². The van der Waals surface area contributed by atoms with Gasteiger partial charge in [0.05, 0.1) is 0 Å². The van der Waals surface area contributed by atoms with Crippen LogP contribution in [0, 0.1) is 5.82 Å². The maximum atomic E-state index is 13.1. The second-order valence-corrected chi connectivity index (χ2v) is 8.10. The lowest BCUT2D eigenvalue weighted by atomic mass is 9.96. The van der Waals surface area contributed by atoms with Crippen LogP contribution in [0.4, 0.5) is 4.39 Å². The first-order valence-corrected chi connectivity index (χ1v) is 10.1. The highest BCUT2D eigenvalue weighted by molar-refractivity contribution is 6.39. The highest BCUT2D eigenvalue weighted by Crippen LogP contribution is 2.34. The van der Waals surface area contributed by atoms with Gasteiger partial charge in [-0.2, -0.15) is 0 Å². The van der Waals surface area contributed by atoms with Gasteiger partial charge < -0.3 is 10.2 Å². The topological polar surface area (TPSA) is 53.9 Å². The summed E-state index contributed by atoms with van der Waals surface area (Å²) in [5.41, 5.74) is 2.31. The van der Waals surface area contributed by atoms with Crippen molar-refractivity contribution in [1.82, 2.24) is 10.2 Å². The number of carbonyl (C=O) groups excluding carboxylic acids is 1. The lowest BCUT2D eigenvalue weighted by Crippen LogP contribution is -2.37. The minimum absolute atomic E-state index is 0.151. The predicted octanol–water partition coefficient (Wildman–Crippen LogP) is 3.47. The van der Waals surface area contributed by atoms with Gasteiger partial charge in [-0.25, -0.2) is 4.39 Å².